The van der Waals surface area contributed by atoms with Crippen LogP contribution in [0.4, 0.5) is 5.69 Å². The first-order valence-electron chi connectivity index (χ1n) is 9.88. The molecule has 0 radical (unpaired) electrons. The topological polar surface area (TPSA) is 88.4 Å². The van der Waals surface area contributed by atoms with Crippen LogP contribution in [-0.2, 0) is 16.1 Å². The summed E-state index contributed by atoms with van der Waals surface area (Å²) < 4.78 is 10.5. The van der Waals surface area contributed by atoms with Crippen molar-refractivity contribution in [2.75, 3.05) is 12.4 Å². The number of rotatable bonds is 7. The van der Waals surface area contributed by atoms with Crippen molar-refractivity contribution in [2.45, 2.75) is 13.5 Å². The van der Waals surface area contributed by atoms with Crippen LogP contribution in [0.5, 0.6) is 5.75 Å². The molecule has 6 nitrogen and oxygen atoms in total. The summed E-state index contributed by atoms with van der Waals surface area (Å²) in [6, 6.07) is 23.4. The minimum atomic E-state index is -0.552. The Hall–Kier alpha value is -4.37. The second-order valence-corrected chi connectivity index (χ2v) is 7.04. The number of nitrogens with one attached hydrogen (secondary N) is 1. The van der Waals surface area contributed by atoms with Gasteiger partial charge in [0.1, 0.15) is 24.0 Å². The molecule has 0 saturated heterocycles. The molecule has 0 saturated carbocycles. The summed E-state index contributed by atoms with van der Waals surface area (Å²) in [7, 11) is 1.30. The molecule has 0 atom stereocenters. The zero-order valence-corrected chi connectivity index (χ0v) is 17.8. The van der Waals surface area contributed by atoms with E-state index in [4.69, 9.17) is 4.74 Å². The standard InChI is InChI=1S/C26H22N2O4/c1-18-6-8-19(9-7-18)17-32-24-5-3-4-20(15-24)14-22(16-27)25(29)28-23-12-10-21(11-13-23)26(30)31-2/h3-15H,17H2,1-2H3,(H,28,29)/b22-14-. The van der Waals surface area contributed by atoms with Gasteiger partial charge in [0.2, 0.25) is 0 Å². The highest BCUT2D eigenvalue weighted by Gasteiger charge is 2.11. The zero-order valence-electron chi connectivity index (χ0n) is 17.8. The third-order valence-corrected chi connectivity index (χ3v) is 4.62. The van der Waals surface area contributed by atoms with E-state index >= 15 is 0 Å². The number of ether oxygens (including phenoxy) is 2. The Morgan fingerprint density at radius 1 is 1.03 bits per heavy atom. The summed E-state index contributed by atoms with van der Waals surface area (Å²) in [5, 5.41) is 12.1. The first-order valence-corrected chi connectivity index (χ1v) is 9.88. The predicted octanol–water partition coefficient (Wildman–Crippen LogP) is 4.91. The van der Waals surface area contributed by atoms with Gasteiger partial charge in [-0.1, -0.05) is 42.0 Å². The Kier molecular flexibility index (Phi) is 7.39. The number of carbonyl (C=O) groups excluding carboxylic acids is 2. The second-order valence-electron chi connectivity index (χ2n) is 7.04. The molecule has 1 N–H and O–H groups in total. The van der Waals surface area contributed by atoms with Crippen LogP contribution >= 0.6 is 0 Å². The van der Waals surface area contributed by atoms with Crippen molar-refractivity contribution in [1.29, 1.82) is 5.26 Å². The lowest BCUT2D eigenvalue weighted by atomic mass is 10.1. The molecule has 3 aromatic rings. The van der Waals surface area contributed by atoms with Gasteiger partial charge in [0.25, 0.3) is 5.91 Å². The third-order valence-electron chi connectivity index (χ3n) is 4.62. The van der Waals surface area contributed by atoms with E-state index in [2.05, 4.69) is 10.1 Å². The fraction of sp³-hybridized carbons (Fsp3) is 0.115. The van der Waals surface area contributed by atoms with Crippen molar-refractivity contribution < 1.29 is 19.1 Å². The molecule has 160 valence electrons. The van der Waals surface area contributed by atoms with Gasteiger partial charge in [-0.2, -0.15) is 5.26 Å². The molecule has 0 fully saturated rings. The van der Waals surface area contributed by atoms with E-state index in [0.717, 1.165) is 5.56 Å². The molecule has 0 unspecified atom stereocenters. The summed E-state index contributed by atoms with van der Waals surface area (Å²) in [5.41, 5.74) is 3.66. The van der Waals surface area contributed by atoms with Crippen molar-refractivity contribution in [3.63, 3.8) is 0 Å². The molecule has 0 aromatic heterocycles. The van der Waals surface area contributed by atoms with Gasteiger partial charge >= 0.3 is 5.97 Å². The molecular formula is C26H22N2O4. The second kappa shape index (κ2) is 10.6. The van der Waals surface area contributed by atoms with E-state index in [1.165, 1.54) is 30.9 Å². The number of nitrogens with zero attached hydrogens (tertiary/aromatic N) is 1. The lowest BCUT2D eigenvalue weighted by Gasteiger charge is -2.08. The minimum Gasteiger partial charge on any atom is -0.489 e. The number of methoxy groups -OCH3 is 1. The van der Waals surface area contributed by atoms with E-state index in [9.17, 15) is 14.9 Å². The van der Waals surface area contributed by atoms with Gasteiger partial charge in [-0.3, -0.25) is 4.79 Å². The monoisotopic (exact) mass is 426 g/mol. The molecule has 32 heavy (non-hydrogen) atoms. The SMILES string of the molecule is COC(=O)c1ccc(NC(=O)/C(C#N)=C\c2cccc(OCc3ccc(C)cc3)c2)cc1. The van der Waals surface area contributed by atoms with Crippen LogP contribution < -0.4 is 10.1 Å². The highest BCUT2D eigenvalue weighted by atomic mass is 16.5. The van der Waals surface area contributed by atoms with Crippen molar-refractivity contribution in [1.82, 2.24) is 0 Å². The first-order chi connectivity index (χ1) is 15.5. The fourth-order valence-electron chi connectivity index (χ4n) is 2.87. The number of nitriles is 1. The Bertz CT molecular complexity index is 1170. The Morgan fingerprint density at radius 2 is 1.75 bits per heavy atom. The number of carbonyl (C=O) groups is 2. The van der Waals surface area contributed by atoms with Crippen LogP contribution in [0.3, 0.4) is 0 Å². The molecule has 3 aromatic carbocycles. The van der Waals surface area contributed by atoms with Gasteiger partial charge in [0.05, 0.1) is 12.7 Å². The normalized spacial score (nSPS) is 10.7. The highest BCUT2D eigenvalue weighted by Crippen LogP contribution is 2.19. The van der Waals surface area contributed by atoms with E-state index in [1.807, 2.05) is 43.3 Å². The van der Waals surface area contributed by atoms with E-state index in [-0.39, 0.29) is 5.57 Å². The maximum atomic E-state index is 12.5. The lowest BCUT2D eigenvalue weighted by Crippen LogP contribution is -2.13. The van der Waals surface area contributed by atoms with Gasteiger partial charge in [-0.15, -0.1) is 0 Å². The lowest BCUT2D eigenvalue weighted by molar-refractivity contribution is -0.112. The maximum absolute atomic E-state index is 12.5. The summed E-state index contributed by atoms with van der Waals surface area (Å²) in [5.74, 6) is -0.385. The smallest absolute Gasteiger partial charge is 0.337 e. The average Bonchev–Trinajstić information content (AvgIpc) is 2.82. The number of hydrogen-bond acceptors (Lipinski definition) is 5. The molecule has 0 spiro atoms. The van der Waals surface area contributed by atoms with E-state index in [0.29, 0.717) is 29.2 Å². The molecule has 0 bridgehead atoms. The maximum Gasteiger partial charge on any atom is 0.337 e. The van der Waals surface area contributed by atoms with Gasteiger partial charge in [-0.25, -0.2) is 4.79 Å². The van der Waals surface area contributed by atoms with E-state index < -0.39 is 11.9 Å². The summed E-state index contributed by atoms with van der Waals surface area (Å²) >= 11 is 0. The Balaban J connectivity index is 1.67. The number of hydrogen-bond donors (Lipinski definition) is 1. The molecule has 0 aliphatic carbocycles. The minimum absolute atomic E-state index is 0.0577. The van der Waals surface area contributed by atoms with E-state index in [1.54, 1.807) is 30.3 Å². The molecule has 0 heterocycles. The number of benzene rings is 3. The number of amides is 1. The van der Waals surface area contributed by atoms with Crippen molar-refractivity contribution in [3.8, 4) is 11.8 Å². The highest BCUT2D eigenvalue weighted by molar-refractivity contribution is 6.09. The number of aryl methyl sites for hydroxylation is 1. The van der Waals surface area contributed by atoms with Gasteiger partial charge < -0.3 is 14.8 Å². The Morgan fingerprint density at radius 3 is 2.41 bits per heavy atom. The predicted molar refractivity (Wildman–Crippen MR) is 122 cm³/mol. The molecule has 1 amide bonds. The van der Waals surface area contributed by atoms with Gasteiger partial charge in [0.15, 0.2) is 0 Å². The molecular weight excluding hydrogens is 404 g/mol. The van der Waals surface area contributed by atoms with Crippen LogP contribution in [0, 0.1) is 18.3 Å². The van der Waals surface area contributed by atoms with Crippen LogP contribution in [-0.4, -0.2) is 19.0 Å². The van der Waals surface area contributed by atoms with Crippen LogP contribution in [0.2, 0.25) is 0 Å². The summed E-state index contributed by atoms with van der Waals surface area (Å²) in [6.45, 7) is 2.45. The molecule has 0 aliphatic rings. The molecule has 3 rings (SSSR count). The third kappa shape index (κ3) is 6.07. The van der Waals surface area contributed by atoms with Gasteiger partial charge in [-0.05, 0) is 60.5 Å². The number of anilines is 1. The van der Waals surface area contributed by atoms with Crippen LogP contribution in [0.25, 0.3) is 6.08 Å². The largest absolute Gasteiger partial charge is 0.489 e. The summed E-state index contributed by atoms with van der Waals surface area (Å²) in [4.78, 5) is 24.0. The quantitative estimate of drug-likeness (QED) is 0.330. The summed E-state index contributed by atoms with van der Waals surface area (Å²) in [6.07, 6.45) is 1.50. The van der Waals surface area contributed by atoms with Crippen LogP contribution in [0.1, 0.15) is 27.0 Å². The molecule has 6 heteroatoms. The zero-order chi connectivity index (χ0) is 22.9. The Labute approximate surface area is 186 Å². The van der Waals surface area contributed by atoms with Crippen molar-refractivity contribution in [2.24, 2.45) is 0 Å². The van der Waals surface area contributed by atoms with Gasteiger partial charge in [0, 0.05) is 5.69 Å². The van der Waals surface area contributed by atoms with Crippen molar-refractivity contribution >= 4 is 23.6 Å². The van der Waals surface area contributed by atoms with Crippen molar-refractivity contribution in [3.05, 3.63) is 101 Å². The fourth-order valence-corrected chi connectivity index (χ4v) is 2.87. The number of esters is 1. The first kappa shape index (κ1) is 22.3. The average molecular weight is 426 g/mol. The molecule has 0 aliphatic heterocycles. The van der Waals surface area contributed by atoms with Crippen LogP contribution in [0.15, 0.2) is 78.4 Å².